The molecule has 7 heteroatoms. The fraction of sp³-hybridized carbons (Fsp3) is 0.393. The van der Waals surface area contributed by atoms with E-state index in [4.69, 9.17) is 14.6 Å². The van der Waals surface area contributed by atoms with E-state index in [1.165, 1.54) is 11.3 Å². The Bertz CT molecular complexity index is 1400. The number of fused-ring (bicyclic) bond motifs is 1. The Labute approximate surface area is 207 Å². The fourth-order valence-corrected chi connectivity index (χ4v) is 4.41. The lowest BCUT2D eigenvalue weighted by atomic mass is 9.90. The molecule has 35 heavy (non-hydrogen) atoms. The van der Waals surface area contributed by atoms with Crippen molar-refractivity contribution in [2.45, 2.75) is 47.0 Å². The van der Waals surface area contributed by atoms with Gasteiger partial charge in [0.15, 0.2) is 11.5 Å². The zero-order chi connectivity index (χ0) is 25.3. The molecule has 0 aliphatic rings. The van der Waals surface area contributed by atoms with Gasteiger partial charge in [0.2, 0.25) is 0 Å². The van der Waals surface area contributed by atoms with Crippen LogP contribution in [-0.4, -0.2) is 47.1 Å². The molecule has 0 unspecified atom stereocenters. The second kappa shape index (κ2) is 9.56. The molecule has 2 aromatic heterocycles. The summed E-state index contributed by atoms with van der Waals surface area (Å²) in [6, 6.07) is 12.3. The number of aryl methyl sites for hydroxylation is 1. The van der Waals surface area contributed by atoms with Crippen molar-refractivity contribution in [2.75, 3.05) is 32.2 Å². The molecule has 4 aromatic rings. The lowest BCUT2D eigenvalue weighted by molar-refractivity contribution is 0.404. The minimum Gasteiger partial charge on any atom is -0.497 e. The molecule has 0 fully saturated rings. The van der Waals surface area contributed by atoms with Crippen LogP contribution in [0.2, 0.25) is 0 Å². The highest BCUT2D eigenvalue weighted by Gasteiger charge is 2.25. The van der Waals surface area contributed by atoms with Gasteiger partial charge in [0.1, 0.15) is 11.5 Å². The summed E-state index contributed by atoms with van der Waals surface area (Å²) in [5.74, 6) is 2.03. The monoisotopic (exact) mass is 473 g/mol. The van der Waals surface area contributed by atoms with E-state index in [2.05, 4.69) is 80.9 Å². The average molecular weight is 474 g/mol. The second-order valence-corrected chi connectivity index (χ2v) is 9.70. The highest BCUT2D eigenvalue weighted by molar-refractivity contribution is 5.70. The van der Waals surface area contributed by atoms with Gasteiger partial charge in [-0.3, -0.25) is 0 Å². The molecule has 184 valence electrons. The van der Waals surface area contributed by atoms with Gasteiger partial charge >= 0.3 is 0 Å². The summed E-state index contributed by atoms with van der Waals surface area (Å²) in [7, 11) is 3.29. The first-order chi connectivity index (χ1) is 16.7. The van der Waals surface area contributed by atoms with E-state index in [-0.39, 0.29) is 5.41 Å². The first-order valence-corrected chi connectivity index (χ1v) is 12.1. The van der Waals surface area contributed by atoms with Crippen LogP contribution in [0.15, 0.2) is 36.4 Å². The first-order valence-electron chi connectivity index (χ1n) is 12.1. The summed E-state index contributed by atoms with van der Waals surface area (Å²) in [6.45, 7) is 15.0. The Hall–Kier alpha value is -3.61. The minimum atomic E-state index is -0.183. The van der Waals surface area contributed by atoms with Crippen LogP contribution >= 0.6 is 0 Å². The maximum absolute atomic E-state index is 5.61. The zero-order valence-corrected chi connectivity index (χ0v) is 22.0. The van der Waals surface area contributed by atoms with Gasteiger partial charge in [0.25, 0.3) is 0 Å². The van der Waals surface area contributed by atoms with Crippen molar-refractivity contribution in [1.29, 1.82) is 0 Å². The van der Waals surface area contributed by atoms with Crippen molar-refractivity contribution in [2.24, 2.45) is 0 Å². The molecule has 2 heterocycles. The first kappa shape index (κ1) is 24.5. The molecule has 0 saturated heterocycles. The molecule has 0 N–H and O–H groups in total. The van der Waals surface area contributed by atoms with Crippen molar-refractivity contribution >= 4 is 17.4 Å². The number of hydrogen-bond acceptors (Lipinski definition) is 6. The van der Waals surface area contributed by atoms with Gasteiger partial charge in [-0.25, -0.2) is 0 Å². The number of hydrogen-bond donors (Lipinski definition) is 0. The summed E-state index contributed by atoms with van der Waals surface area (Å²) in [4.78, 5) is 2.35. The minimum absolute atomic E-state index is 0.183. The zero-order valence-electron chi connectivity index (χ0n) is 22.0. The Morgan fingerprint density at radius 3 is 2.31 bits per heavy atom. The molecule has 0 atom stereocenters. The topological polar surface area (TPSA) is 64.8 Å². The summed E-state index contributed by atoms with van der Waals surface area (Å²) >= 11 is 0. The van der Waals surface area contributed by atoms with Crippen LogP contribution < -0.4 is 19.6 Å². The van der Waals surface area contributed by atoms with E-state index in [0.29, 0.717) is 11.6 Å². The lowest BCUT2D eigenvalue weighted by Crippen LogP contribution is -2.22. The smallest absolute Gasteiger partial charge is 0.189 e. The van der Waals surface area contributed by atoms with Crippen molar-refractivity contribution in [1.82, 2.24) is 19.8 Å². The Morgan fingerprint density at radius 2 is 1.71 bits per heavy atom. The van der Waals surface area contributed by atoms with Crippen molar-refractivity contribution in [3.8, 4) is 22.9 Å². The molecule has 0 amide bonds. The largest absolute Gasteiger partial charge is 0.497 e. The highest BCUT2D eigenvalue weighted by atomic mass is 16.5. The predicted molar refractivity (Wildman–Crippen MR) is 142 cm³/mol. The molecular weight excluding hydrogens is 438 g/mol. The third-order valence-corrected chi connectivity index (χ3v) is 6.38. The fourth-order valence-electron chi connectivity index (χ4n) is 4.41. The maximum Gasteiger partial charge on any atom is 0.189 e. The van der Waals surface area contributed by atoms with Crippen molar-refractivity contribution in [3.63, 3.8) is 0 Å². The van der Waals surface area contributed by atoms with Crippen LogP contribution in [0.4, 0.5) is 5.69 Å². The van der Waals surface area contributed by atoms with Gasteiger partial charge in [-0.15, -0.1) is 10.2 Å². The number of aromatic nitrogens is 4. The van der Waals surface area contributed by atoms with Crippen LogP contribution in [-0.2, 0) is 5.41 Å². The molecular formula is C28H35N5O2. The highest BCUT2D eigenvalue weighted by Crippen LogP contribution is 2.32. The number of anilines is 1. The second-order valence-electron chi connectivity index (χ2n) is 9.70. The normalized spacial score (nSPS) is 12.4. The van der Waals surface area contributed by atoms with E-state index in [0.717, 1.165) is 46.5 Å². The Kier molecular flexibility index (Phi) is 6.70. The van der Waals surface area contributed by atoms with E-state index in [9.17, 15) is 0 Å². The van der Waals surface area contributed by atoms with Crippen LogP contribution in [0.3, 0.4) is 0 Å². The van der Waals surface area contributed by atoms with Crippen molar-refractivity contribution < 1.29 is 9.47 Å². The van der Waals surface area contributed by atoms with Crippen LogP contribution in [0, 0.1) is 6.92 Å². The Morgan fingerprint density at radius 1 is 0.971 bits per heavy atom. The molecule has 0 saturated carbocycles. The number of benzene rings is 2. The quantitative estimate of drug-likeness (QED) is 0.384. The van der Waals surface area contributed by atoms with Gasteiger partial charge in [-0.1, -0.05) is 26.8 Å². The van der Waals surface area contributed by atoms with Gasteiger partial charge in [-0.2, -0.15) is 9.61 Å². The van der Waals surface area contributed by atoms with Gasteiger partial charge < -0.3 is 14.4 Å². The summed E-state index contributed by atoms with van der Waals surface area (Å²) in [5, 5.41) is 15.1. The number of rotatable bonds is 7. The Balaban J connectivity index is 1.94. The molecule has 0 spiro atoms. The average Bonchev–Trinajstić information content (AvgIpc) is 3.41. The van der Waals surface area contributed by atoms with E-state index in [1.807, 2.05) is 22.7 Å². The number of methoxy groups -OCH3 is 2. The number of nitrogens with zero attached hydrogens (tertiary/aromatic N) is 5. The molecule has 2 aromatic carbocycles. The van der Waals surface area contributed by atoms with Crippen LogP contribution in [0.1, 0.15) is 51.4 Å². The van der Waals surface area contributed by atoms with Crippen molar-refractivity contribution in [3.05, 3.63) is 58.4 Å². The maximum atomic E-state index is 5.61. The van der Waals surface area contributed by atoms with Gasteiger partial charge in [-0.05, 0) is 68.3 Å². The van der Waals surface area contributed by atoms with Crippen LogP contribution in [0.5, 0.6) is 11.5 Å². The predicted octanol–water partition coefficient (Wildman–Crippen LogP) is 4.81. The lowest BCUT2D eigenvalue weighted by Gasteiger charge is -2.22. The standard InChI is InChI=1S/C28H35N5O2/c1-9-32(10-2)20-12-11-19(18(3)15-20)16-23-25(28(4,5)6)31-33-26(29-30-27(23)33)22-17-21(34-7)13-14-24(22)35-8/h11-17H,9-10H2,1-8H3. The molecule has 7 nitrogen and oxygen atoms in total. The van der Waals surface area contributed by atoms with E-state index < -0.39 is 0 Å². The molecule has 0 aliphatic carbocycles. The third-order valence-electron chi connectivity index (χ3n) is 6.38. The number of ether oxygens (including phenoxy) is 2. The van der Waals surface area contributed by atoms with E-state index >= 15 is 0 Å². The summed E-state index contributed by atoms with van der Waals surface area (Å²) in [5.41, 5.74) is 5.88. The molecule has 0 radical (unpaired) electrons. The van der Waals surface area contributed by atoms with Gasteiger partial charge in [0.05, 0.1) is 25.5 Å². The third kappa shape index (κ3) is 4.55. The van der Waals surface area contributed by atoms with E-state index in [1.54, 1.807) is 14.2 Å². The molecule has 0 aliphatic heterocycles. The summed E-state index contributed by atoms with van der Waals surface area (Å²) in [6.07, 6.45) is 2.19. The van der Waals surface area contributed by atoms with Gasteiger partial charge in [0, 0.05) is 29.4 Å². The summed E-state index contributed by atoms with van der Waals surface area (Å²) < 4.78 is 12.9. The SMILES string of the molecule is CCN(CC)c1ccc(C=c2c(C(C)(C)C)nn3c(-c4cc(OC)ccc4OC)nnc23)c(C)c1. The molecule has 0 bridgehead atoms. The molecule has 4 rings (SSSR count). The van der Waals surface area contributed by atoms with Crippen LogP contribution in [0.25, 0.3) is 23.1 Å².